The molecule has 2 fully saturated rings. The molecule has 0 aromatic heterocycles. The molecule has 2 heterocycles. The van der Waals surface area contributed by atoms with Crippen LogP contribution >= 0.6 is 0 Å². The summed E-state index contributed by atoms with van der Waals surface area (Å²) in [7, 11) is 0. The van der Waals surface area contributed by atoms with Gasteiger partial charge < -0.3 is 34.6 Å². The molecule has 2 aliphatic heterocycles. The van der Waals surface area contributed by atoms with Gasteiger partial charge >= 0.3 is 53.7 Å². The van der Waals surface area contributed by atoms with Crippen LogP contribution in [0.3, 0.4) is 0 Å². The molecule has 2 N–H and O–H groups in total. The van der Waals surface area contributed by atoms with E-state index in [2.05, 4.69) is 0 Å². The first-order chi connectivity index (χ1) is 15.4. The fraction of sp³-hybridized carbons (Fsp3) is 0.833. The van der Waals surface area contributed by atoms with Crippen molar-refractivity contribution in [1.29, 1.82) is 0 Å². The Morgan fingerprint density at radius 3 is 1.44 bits per heavy atom. The molecule has 0 radical (unpaired) electrons. The van der Waals surface area contributed by atoms with Gasteiger partial charge in [0.2, 0.25) is 0 Å². The first-order valence-corrected chi connectivity index (χ1v) is 11.8. The predicted octanol–water partition coefficient (Wildman–Crippen LogP) is 0.454. The number of amides is 2. The molecule has 2 amide bonds. The molecule has 0 aromatic carbocycles. The maximum atomic E-state index is 11.9. The van der Waals surface area contributed by atoms with Crippen molar-refractivity contribution in [3.63, 3.8) is 0 Å². The van der Waals surface area contributed by atoms with Crippen molar-refractivity contribution in [2.24, 2.45) is 23.7 Å². The van der Waals surface area contributed by atoms with E-state index in [0.717, 1.165) is 0 Å². The number of aliphatic carboxylic acids is 1. The molecule has 0 saturated carbocycles. The molecule has 0 aliphatic carbocycles. The van der Waals surface area contributed by atoms with Crippen LogP contribution in [0.25, 0.3) is 0 Å². The van der Waals surface area contributed by atoms with Crippen LogP contribution in [-0.2, 0) is 23.8 Å². The topological polar surface area (TPSA) is 153 Å². The van der Waals surface area contributed by atoms with Gasteiger partial charge in [-0.3, -0.25) is 9.59 Å². The minimum atomic E-state index is -0.849. The Kier molecular flexibility index (Phi) is 15.2. The van der Waals surface area contributed by atoms with E-state index in [-0.39, 0.29) is 71.4 Å². The second-order valence-corrected chi connectivity index (χ2v) is 11.0. The van der Waals surface area contributed by atoms with Gasteiger partial charge in [0.15, 0.2) is 0 Å². The Labute approximate surface area is 236 Å². The number of hydrogen-bond donors (Lipinski definition) is 1. The summed E-state index contributed by atoms with van der Waals surface area (Å²) in [5, 5.41) is 8.94. The van der Waals surface area contributed by atoms with Gasteiger partial charge in [0, 0.05) is 26.2 Å². The summed E-state index contributed by atoms with van der Waals surface area (Å²) < 4.78 is 15.5. The number of hydrogen-bond acceptors (Lipinski definition) is 8. The maximum Gasteiger partial charge on any atom is 1.00 e. The first kappa shape index (κ1) is 36.6. The van der Waals surface area contributed by atoms with Crippen LogP contribution in [0.15, 0.2) is 0 Å². The molecule has 2 aliphatic rings. The van der Waals surface area contributed by atoms with Crippen LogP contribution in [0.1, 0.15) is 62.3 Å². The van der Waals surface area contributed by atoms with Crippen molar-refractivity contribution in [3.8, 4) is 0 Å². The third-order valence-electron chi connectivity index (χ3n) is 5.43. The minimum absolute atomic E-state index is 0. The predicted molar refractivity (Wildman–Crippen MR) is 127 cm³/mol. The van der Waals surface area contributed by atoms with Crippen LogP contribution in [-0.4, -0.2) is 88.5 Å². The maximum absolute atomic E-state index is 11.9. The molecule has 0 aromatic rings. The zero-order valence-electron chi connectivity index (χ0n) is 23.5. The van der Waals surface area contributed by atoms with Crippen molar-refractivity contribution < 1.29 is 73.5 Å². The number of rotatable bonds is 3. The fourth-order valence-electron chi connectivity index (χ4n) is 3.76. The fourth-order valence-corrected chi connectivity index (χ4v) is 3.76. The third kappa shape index (κ3) is 12.1. The molecule has 0 bridgehead atoms. The van der Waals surface area contributed by atoms with Gasteiger partial charge in [0.25, 0.3) is 0 Å². The van der Waals surface area contributed by atoms with Crippen LogP contribution in [0.5, 0.6) is 0 Å². The zero-order chi connectivity index (χ0) is 26.4. The van der Waals surface area contributed by atoms with E-state index in [1.807, 2.05) is 34.6 Å². The number of carbonyl (C=O) groups is 4. The minimum Gasteiger partial charge on any atom is -0.870 e. The molecule has 11 nitrogen and oxygen atoms in total. The zero-order valence-corrected chi connectivity index (χ0v) is 25.5. The molecule has 0 unspecified atom stereocenters. The molecule has 36 heavy (non-hydrogen) atoms. The summed E-state index contributed by atoms with van der Waals surface area (Å²) in [6, 6.07) is 0. The summed E-state index contributed by atoms with van der Waals surface area (Å²) in [6.07, 6.45) is -0.788. The van der Waals surface area contributed by atoms with E-state index in [1.54, 1.807) is 32.6 Å². The van der Waals surface area contributed by atoms with Gasteiger partial charge in [-0.05, 0) is 60.3 Å². The third-order valence-corrected chi connectivity index (χ3v) is 5.43. The molecule has 2 saturated heterocycles. The molecule has 4 atom stereocenters. The summed E-state index contributed by atoms with van der Waals surface area (Å²) in [4.78, 5) is 49.2. The summed E-state index contributed by atoms with van der Waals surface area (Å²) in [6.45, 7) is 18.4. The van der Waals surface area contributed by atoms with Crippen LogP contribution in [0, 0.1) is 23.7 Å². The summed E-state index contributed by atoms with van der Waals surface area (Å²) in [5.74, 6) is -1.71. The smallest absolute Gasteiger partial charge is 0.870 e. The molecular formula is C24H43N2NaO9. The molecule has 2 rings (SSSR count). The van der Waals surface area contributed by atoms with Gasteiger partial charge in [-0.2, -0.15) is 0 Å². The van der Waals surface area contributed by atoms with E-state index in [1.165, 1.54) is 4.90 Å². The number of carboxylic acid groups (broad SMARTS) is 1. The number of carboxylic acids is 1. The largest absolute Gasteiger partial charge is 1.00 e. The summed E-state index contributed by atoms with van der Waals surface area (Å²) in [5.41, 5.74) is -1.05. The Bertz CT molecular complexity index is 749. The van der Waals surface area contributed by atoms with E-state index in [9.17, 15) is 19.2 Å². The van der Waals surface area contributed by atoms with Gasteiger partial charge in [-0.1, -0.05) is 13.8 Å². The average molecular weight is 527 g/mol. The van der Waals surface area contributed by atoms with Crippen molar-refractivity contribution in [1.82, 2.24) is 9.80 Å². The monoisotopic (exact) mass is 526 g/mol. The van der Waals surface area contributed by atoms with Crippen LogP contribution in [0.4, 0.5) is 9.59 Å². The second-order valence-electron chi connectivity index (χ2n) is 11.0. The van der Waals surface area contributed by atoms with E-state index in [0.29, 0.717) is 26.2 Å². The van der Waals surface area contributed by atoms with E-state index < -0.39 is 29.2 Å². The van der Waals surface area contributed by atoms with E-state index >= 15 is 0 Å². The molecule has 12 heteroatoms. The molecule has 204 valence electrons. The Morgan fingerprint density at radius 1 is 0.778 bits per heavy atom. The number of nitrogens with zero attached hydrogens (tertiary/aromatic N) is 2. The number of likely N-dealkylation sites (tertiary alicyclic amines) is 2. The number of ether oxygens (including phenoxy) is 3. The molecular weight excluding hydrogens is 483 g/mol. The normalized spacial score (nSPS) is 23.4. The molecule has 0 spiro atoms. The number of esters is 1. The second kappa shape index (κ2) is 15.0. The van der Waals surface area contributed by atoms with Gasteiger partial charge in [-0.25, -0.2) is 9.59 Å². The summed E-state index contributed by atoms with van der Waals surface area (Å²) >= 11 is 0. The van der Waals surface area contributed by atoms with E-state index in [4.69, 9.17) is 19.3 Å². The SMILES string of the molecule is CCOC(=O)[C@@H]1CN(C(=O)OC(C)(C)C)C[C@H]1C.C[C@@H]1CN(C(=O)OC(C)(C)C)C[C@H]1C(=O)O.[Na+].[OH-]. The van der Waals surface area contributed by atoms with Crippen molar-refractivity contribution >= 4 is 24.1 Å². The van der Waals surface area contributed by atoms with Gasteiger partial charge in [0.05, 0.1) is 18.4 Å². The van der Waals surface area contributed by atoms with Crippen molar-refractivity contribution in [2.45, 2.75) is 73.5 Å². The van der Waals surface area contributed by atoms with Crippen LogP contribution < -0.4 is 29.6 Å². The van der Waals surface area contributed by atoms with Crippen molar-refractivity contribution in [3.05, 3.63) is 0 Å². The quantitative estimate of drug-likeness (QED) is 0.314. The Morgan fingerprint density at radius 2 is 1.14 bits per heavy atom. The van der Waals surface area contributed by atoms with Gasteiger partial charge in [0.1, 0.15) is 11.2 Å². The van der Waals surface area contributed by atoms with Crippen molar-refractivity contribution in [2.75, 3.05) is 32.8 Å². The Hall–Kier alpha value is -1.56. The number of carbonyl (C=O) groups excluding carboxylic acids is 3. The first-order valence-electron chi connectivity index (χ1n) is 11.8. The van der Waals surface area contributed by atoms with Crippen LogP contribution in [0.2, 0.25) is 0 Å². The Balaban J connectivity index is 0. The standard InChI is InChI=1S/C13H23NO4.C11H19NO4.Na.H2O/c1-6-17-11(15)10-8-14(7-9(10)2)12(16)18-13(3,4)5;1-7-5-12(6-8(7)9(13)14)10(15)16-11(2,3)4;;/h9-10H,6-8H2,1-5H3;7-8H,5-6H2,1-4H3,(H,13,14);;1H2/q;;+1;/p-1/t9-,10-;7-,8-;;/m11../s1. The van der Waals surface area contributed by atoms with Gasteiger partial charge in [-0.15, -0.1) is 0 Å². The average Bonchev–Trinajstić information content (AvgIpc) is 3.23.